The molecule has 5 nitrogen and oxygen atoms in total. The summed E-state index contributed by atoms with van der Waals surface area (Å²) >= 11 is 5.71. The van der Waals surface area contributed by atoms with Gasteiger partial charge >= 0.3 is 0 Å². The number of nitrogens with one attached hydrogen (secondary N) is 1. The van der Waals surface area contributed by atoms with Crippen LogP contribution in [0.2, 0.25) is 5.02 Å². The SMILES string of the molecule is O=C(COc1ccc(F)c(Cl)c1)NC12CC(N3Cc4ccccc4C3=O)(C1)C2. The van der Waals surface area contributed by atoms with Gasteiger partial charge < -0.3 is 15.0 Å². The molecule has 28 heavy (non-hydrogen) atoms. The van der Waals surface area contributed by atoms with Crippen molar-refractivity contribution in [2.75, 3.05) is 6.61 Å². The van der Waals surface area contributed by atoms with E-state index < -0.39 is 5.82 Å². The maximum absolute atomic E-state index is 13.2. The molecule has 1 N–H and O–H groups in total. The van der Waals surface area contributed by atoms with Crippen molar-refractivity contribution < 1.29 is 18.7 Å². The van der Waals surface area contributed by atoms with Crippen LogP contribution in [0.3, 0.4) is 0 Å². The van der Waals surface area contributed by atoms with Gasteiger partial charge in [-0.25, -0.2) is 4.39 Å². The number of benzene rings is 2. The van der Waals surface area contributed by atoms with Crippen LogP contribution < -0.4 is 10.1 Å². The van der Waals surface area contributed by atoms with E-state index in [0.29, 0.717) is 12.3 Å². The molecule has 0 radical (unpaired) electrons. The van der Waals surface area contributed by atoms with E-state index in [9.17, 15) is 14.0 Å². The minimum Gasteiger partial charge on any atom is -0.484 e. The van der Waals surface area contributed by atoms with Crippen LogP contribution in [0.25, 0.3) is 0 Å². The van der Waals surface area contributed by atoms with E-state index >= 15 is 0 Å². The number of hydrogen-bond acceptors (Lipinski definition) is 3. The number of nitrogens with zero attached hydrogens (tertiary/aromatic N) is 1. The number of amides is 2. The molecular weight excluding hydrogens is 383 g/mol. The molecule has 2 amide bonds. The largest absolute Gasteiger partial charge is 0.484 e. The van der Waals surface area contributed by atoms with Crippen LogP contribution >= 0.6 is 11.6 Å². The van der Waals surface area contributed by atoms with Gasteiger partial charge in [-0.1, -0.05) is 29.8 Å². The van der Waals surface area contributed by atoms with E-state index in [1.165, 1.54) is 18.2 Å². The highest BCUT2D eigenvalue weighted by atomic mass is 35.5. The van der Waals surface area contributed by atoms with Crippen molar-refractivity contribution in [2.45, 2.75) is 36.9 Å². The maximum Gasteiger partial charge on any atom is 0.258 e. The zero-order valence-corrected chi connectivity index (χ0v) is 15.8. The van der Waals surface area contributed by atoms with Crippen molar-refractivity contribution in [3.8, 4) is 5.75 Å². The molecule has 4 aliphatic rings. The predicted molar refractivity (Wildman–Crippen MR) is 101 cm³/mol. The summed E-state index contributed by atoms with van der Waals surface area (Å²) in [5, 5.41) is 2.98. The molecule has 0 atom stereocenters. The summed E-state index contributed by atoms with van der Waals surface area (Å²) in [7, 11) is 0. The van der Waals surface area contributed by atoms with E-state index in [4.69, 9.17) is 16.3 Å². The number of ether oxygens (including phenoxy) is 1. The average Bonchev–Trinajstić information content (AvgIpc) is 2.95. The Morgan fingerprint density at radius 2 is 1.96 bits per heavy atom. The average molecular weight is 401 g/mol. The summed E-state index contributed by atoms with van der Waals surface area (Å²) in [5.74, 6) is -0.330. The van der Waals surface area contributed by atoms with Gasteiger partial charge in [-0.15, -0.1) is 0 Å². The Morgan fingerprint density at radius 1 is 1.21 bits per heavy atom. The van der Waals surface area contributed by atoms with Gasteiger partial charge in [-0.05, 0) is 43.0 Å². The number of fused-ring (bicyclic) bond motifs is 1. The highest BCUT2D eigenvalue weighted by Crippen LogP contribution is 2.64. The summed E-state index contributed by atoms with van der Waals surface area (Å²) in [6.07, 6.45) is 2.32. The summed E-state index contributed by atoms with van der Waals surface area (Å²) in [4.78, 5) is 26.9. The molecule has 0 unspecified atom stereocenters. The van der Waals surface area contributed by atoms with Crippen LogP contribution in [0.15, 0.2) is 42.5 Å². The summed E-state index contributed by atoms with van der Waals surface area (Å²) in [6.45, 7) is 0.484. The molecule has 0 spiro atoms. The second-order valence-electron chi connectivity index (χ2n) is 8.00. The lowest BCUT2D eigenvalue weighted by Crippen LogP contribution is -2.83. The van der Waals surface area contributed by atoms with Crippen LogP contribution in [-0.2, 0) is 11.3 Å². The first-order valence-electron chi connectivity index (χ1n) is 9.19. The summed E-state index contributed by atoms with van der Waals surface area (Å²) in [5.41, 5.74) is 1.49. The van der Waals surface area contributed by atoms with Crippen molar-refractivity contribution in [1.29, 1.82) is 0 Å². The van der Waals surface area contributed by atoms with Crippen LogP contribution in [-0.4, -0.2) is 34.4 Å². The minimum absolute atomic E-state index is 0.0458. The smallest absolute Gasteiger partial charge is 0.258 e. The third-order valence-electron chi connectivity index (χ3n) is 6.06. The van der Waals surface area contributed by atoms with Gasteiger partial charge in [0.05, 0.1) is 10.6 Å². The molecule has 7 heteroatoms. The highest BCUT2D eigenvalue weighted by molar-refractivity contribution is 6.30. The van der Waals surface area contributed by atoms with Crippen LogP contribution in [0, 0.1) is 5.82 Å². The standard InChI is InChI=1S/C21H18ClFN2O3/c22-16-7-14(5-6-17(16)23)28-9-18(26)24-20-10-21(11-20,12-20)25-8-13-3-1-2-4-15(13)19(25)27/h1-7H,8-12H2,(H,24,26). The van der Waals surface area contributed by atoms with Gasteiger partial charge in [-0.2, -0.15) is 0 Å². The molecule has 2 bridgehead atoms. The molecule has 1 heterocycles. The van der Waals surface area contributed by atoms with Gasteiger partial charge in [-0.3, -0.25) is 9.59 Å². The van der Waals surface area contributed by atoms with Gasteiger partial charge in [0.25, 0.3) is 11.8 Å². The minimum atomic E-state index is -0.531. The Morgan fingerprint density at radius 3 is 2.68 bits per heavy atom. The van der Waals surface area contributed by atoms with Gasteiger partial charge in [0, 0.05) is 23.7 Å². The third-order valence-corrected chi connectivity index (χ3v) is 6.35. The molecule has 6 rings (SSSR count). The molecule has 2 aromatic carbocycles. The second kappa shape index (κ2) is 5.95. The van der Waals surface area contributed by atoms with Crippen molar-refractivity contribution in [3.63, 3.8) is 0 Å². The van der Waals surface area contributed by atoms with Crippen LogP contribution in [0.4, 0.5) is 4.39 Å². The maximum atomic E-state index is 13.2. The Hall–Kier alpha value is -2.60. The third kappa shape index (κ3) is 2.58. The second-order valence-corrected chi connectivity index (χ2v) is 8.40. The normalized spacial score (nSPS) is 26.9. The lowest BCUT2D eigenvalue weighted by Gasteiger charge is -2.73. The highest BCUT2D eigenvalue weighted by Gasteiger charge is 2.72. The van der Waals surface area contributed by atoms with Crippen LogP contribution in [0.5, 0.6) is 5.75 Å². The van der Waals surface area contributed by atoms with E-state index in [1.807, 2.05) is 29.2 Å². The van der Waals surface area contributed by atoms with Crippen molar-refractivity contribution >= 4 is 23.4 Å². The molecule has 0 saturated heterocycles. The van der Waals surface area contributed by atoms with E-state index in [2.05, 4.69) is 5.32 Å². The summed E-state index contributed by atoms with van der Waals surface area (Å²) in [6, 6.07) is 11.7. The first kappa shape index (κ1) is 17.5. The summed E-state index contributed by atoms with van der Waals surface area (Å²) < 4.78 is 18.6. The number of halogens is 2. The Balaban J connectivity index is 1.15. The fourth-order valence-corrected chi connectivity index (χ4v) is 5.01. The lowest BCUT2D eigenvalue weighted by atomic mass is 9.43. The molecule has 3 aliphatic carbocycles. The van der Waals surface area contributed by atoms with Gasteiger partial charge in [0.15, 0.2) is 6.61 Å². The number of carbonyl (C=O) groups is 2. The number of carbonyl (C=O) groups excluding carboxylic acids is 2. The predicted octanol–water partition coefficient (Wildman–Crippen LogP) is 3.31. The molecule has 2 aromatic rings. The molecule has 144 valence electrons. The van der Waals surface area contributed by atoms with Gasteiger partial charge in [0.2, 0.25) is 0 Å². The molecule has 3 saturated carbocycles. The topological polar surface area (TPSA) is 58.6 Å². The number of rotatable bonds is 5. The Labute approximate surface area is 166 Å². The Bertz CT molecular complexity index is 989. The van der Waals surface area contributed by atoms with E-state index in [1.54, 1.807) is 0 Å². The van der Waals surface area contributed by atoms with Crippen molar-refractivity contribution in [2.24, 2.45) is 0 Å². The monoisotopic (exact) mass is 400 g/mol. The Kier molecular flexibility index (Phi) is 3.72. The lowest BCUT2D eigenvalue weighted by molar-refractivity contribution is -0.171. The molecule has 0 aromatic heterocycles. The first-order valence-corrected chi connectivity index (χ1v) is 9.56. The zero-order valence-electron chi connectivity index (χ0n) is 15.0. The van der Waals surface area contributed by atoms with Crippen molar-refractivity contribution in [3.05, 3.63) is 64.4 Å². The molecule has 3 fully saturated rings. The van der Waals surface area contributed by atoms with Gasteiger partial charge in [0.1, 0.15) is 11.6 Å². The van der Waals surface area contributed by atoms with Crippen molar-refractivity contribution in [1.82, 2.24) is 10.2 Å². The first-order chi connectivity index (χ1) is 13.4. The quantitative estimate of drug-likeness (QED) is 0.837. The van der Waals surface area contributed by atoms with E-state index in [0.717, 1.165) is 30.4 Å². The number of hydrogen-bond donors (Lipinski definition) is 1. The van der Waals surface area contributed by atoms with Crippen LogP contribution in [0.1, 0.15) is 35.2 Å². The molecular formula is C21H18ClFN2O3. The molecule has 1 aliphatic heterocycles. The van der Waals surface area contributed by atoms with E-state index in [-0.39, 0.29) is 34.5 Å². The fourth-order valence-electron chi connectivity index (χ4n) is 4.84. The fraction of sp³-hybridized carbons (Fsp3) is 0.333. The zero-order chi connectivity index (χ0) is 19.5.